The maximum atomic E-state index is 5.45. The van der Waals surface area contributed by atoms with Crippen molar-refractivity contribution in [2.75, 3.05) is 19.8 Å². The predicted octanol–water partition coefficient (Wildman–Crippen LogP) is 2.66. The van der Waals surface area contributed by atoms with Gasteiger partial charge in [-0.3, -0.25) is 4.99 Å². The second-order valence-electron chi connectivity index (χ2n) is 6.64. The van der Waals surface area contributed by atoms with Crippen molar-refractivity contribution < 1.29 is 4.74 Å². The van der Waals surface area contributed by atoms with Gasteiger partial charge in [-0.05, 0) is 25.2 Å². The van der Waals surface area contributed by atoms with Crippen molar-refractivity contribution in [3.8, 4) is 0 Å². The van der Waals surface area contributed by atoms with Gasteiger partial charge in [-0.15, -0.1) is 0 Å². The number of nitrogens with zero attached hydrogens (tertiary/aromatic N) is 1. The van der Waals surface area contributed by atoms with Crippen LogP contribution in [0.1, 0.15) is 40.5 Å². The summed E-state index contributed by atoms with van der Waals surface area (Å²) in [6.45, 7) is 11.7. The summed E-state index contributed by atoms with van der Waals surface area (Å²) in [5.41, 5.74) is 0.492. The molecule has 2 aliphatic heterocycles. The number of thioether (sulfide) groups is 1. The minimum Gasteiger partial charge on any atom is -0.379 e. The Morgan fingerprint density at radius 1 is 1.53 bits per heavy atom. The highest BCUT2D eigenvalue weighted by Gasteiger charge is 2.33. The van der Waals surface area contributed by atoms with E-state index in [2.05, 4.69) is 38.0 Å². The first kappa shape index (κ1) is 13.2. The Bertz CT molecular complexity index is 303. The second-order valence-corrected chi connectivity index (χ2v) is 7.93. The number of hydrogen-bond donors (Lipinski definition) is 1. The van der Waals surface area contributed by atoms with E-state index in [-0.39, 0.29) is 5.54 Å². The largest absolute Gasteiger partial charge is 0.379 e. The second kappa shape index (κ2) is 4.81. The number of aliphatic imine (C=N–C) groups is 1. The van der Waals surface area contributed by atoms with Crippen molar-refractivity contribution in [3.63, 3.8) is 0 Å². The van der Waals surface area contributed by atoms with Crippen molar-refractivity contribution >= 4 is 16.9 Å². The summed E-state index contributed by atoms with van der Waals surface area (Å²) in [7, 11) is 0. The van der Waals surface area contributed by atoms with Crippen molar-refractivity contribution in [2.24, 2.45) is 10.4 Å². The third kappa shape index (κ3) is 3.88. The lowest BCUT2D eigenvalue weighted by Crippen LogP contribution is -2.45. The SMILES string of the molecule is CC(C)(C)CC1CN=C(NC2(C)CCOC2)S1. The zero-order chi connectivity index (χ0) is 12.5. The van der Waals surface area contributed by atoms with Crippen molar-refractivity contribution in [1.82, 2.24) is 5.32 Å². The molecule has 17 heavy (non-hydrogen) atoms. The Hall–Kier alpha value is -0.220. The van der Waals surface area contributed by atoms with Crippen LogP contribution in [0.5, 0.6) is 0 Å². The van der Waals surface area contributed by atoms with E-state index >= 15 is 0 Å². The van der Waals surface area contributed by atoms with Gasteiger partial charge >= 0.3 is 0 Å². The highest BCUT2D eigenvalue weighted by atomic mass is 32.2. The molecule has 98 valence electrons. The zero-order valence-corrected chi connectivity index (χ0v) is 12.2. The topological polar surface area (TPSA) is 33.6 Å². The molecule has 1 saturated heterocycles. The third-order valence-corrected chi connectivity index (χ3v) is 4.29. The quantitative estimate of drug-likeness (QED) is 0.824. The van der Waals surface area contributed by atoms with E-state index in [4.69, 9.17) is 4.74 Å². The Labute approximate surface area is 109 Å². The molecule has 2 rings (SSSR count). The number of amidine groups is 1. The van der Waals surface area contributed by atoms with E-state index in [1.165, 1.54) is 6.42 Å². The van der Waals surface area contributed by atoms with E-state index in [1.54, 1.807) is 0 Å². The molecule has 1 N–H and O–H groups in total. The van der Waals surface area contributed by atoms with Crippen LogP contribution in [-0.2, 0) is 4.74 Å². The van der Waals surface area contributed by atoms with E-state index in [1.807, 2.05) is 11.8 Å². The lowest BCUT2D eigenvalue weighted by molar-refractivity contribution is 0.177. The Morgan fingerprint density at radius 2 is 2.29 bits per heavy atom. The first-order chi connectivity index (χ1) is 7.86. The Kier molecular flexibility index (Phi) is 3.74. The summed E-state index contributed by atoms with van der Waals surface area (Å²) >= 11 is 1.91. The first-order valence-electron chi connectivity index (χ1n) is 6.43. The first-order valence-corrected chi connectivity index (χ1v) is 7.31. The van der Waals surface area contributed by atoms with Crippen LogP contribution in [-0.4, -0.2) is 35.7 Å². The van der Waals surface area contributed by atoms with Crippen LogP contribution in [0.15, 0.2) is 4.99 Å². The van der Waals surface area contributed by atoms with Gasteiger partial charge < -0.3 is 10.1 Å². The minimum absolute atomic E-state index is 0.0997. The smallest absolute Gasteiger partial charge is 0.157 e. The van der Waals surface area contributed by atoms with E-state index < -0.39 is 0 Å². The molecule has 2 atom stereocenters. The molecular weight excluding hydrogens is 232 g/mol. The number of ether oxygens (including phenoxy) is 1. The highest BCUT2D eigenvalue weighted by Crippen LogP contribution is 2.32. The molecule has 0 radical (unpaired) electrons. The van der Waals surface area contributed by atoms with Crippen LogP contribution in [0, 0.1) is 5.41 Å². The number of nitrogens with one attached hydrogen (secondary N) is 1. The van der Waals surface area contributed by atoms with Crippen LogP contribution in [0.3, 0.4) is 0 Å². The molecule has 0 amide bonds. The molecule has 0 aliphatic carbocycles. The van der Waals surface area contributed by atoms with Gasteiger partial charge in [-0.2, -0.15) is 0 Å². The van der Waals surface area contributed by atoms with Gasteiger partial charge in [0.15, 0.2) is 5.17 Å². The van der Waals surface area contributed by atoms with E-state index in [9.17, 15) is 0 Å². The average molecular weight is 256 g/mol. The van der Waals surface area contributed by atoms with Gasteiger partial charge in [-0.25, -0.2) is 0 Å². The van der Waals surface area contributed by atoms with Crippen LogP contribution in [0.2, 0.25) is 0 Å². The molecule has 0 bridgehead atoms. The third-order valence-electron chi connectivity index (χ3n) is 3.18. The molecule has 2 aliphatic rings. The number of hydrogen-bond acceptors (Lipinski definition) is 4. The summed E-state index contributed by atoms with van der Waals surface area (Å²) in [5.74, 6) is 0. The standard InChI is InChI=1S/C13H24N2OS/c1-12(2,3)7-10-8-14-11(17-10)15-13(4)5-6-16-9-13/h10H,5-9H2,1-4H3,(H,14,15). The van der Waals surface area contributed by atoms with E-state index in [0.717, 1.165) is 31.3 Å². The average Bonchev–Trinajstić information content (AvgIpc) is 2.74. The molecule has 0 aromatic rings. The molecular formula is C13H24N2OS. The summed E-state index contributed by atoms with van der Waals surface area (Å²) in [6.07, 6.45) is 2.30. The molecule has 2 unspecified atom stereocenters. The lowest BCUT2D eigenvalue weighted by Gasteiger charge is -2.25. The van der Waals surface area contributed by atoms with Crippen LogP contribution in [0.4, 0.5) is 0 Å². The highest BCUT2D eigenvalue weighted by molar-refractivity contribution is 8.14. The van der Waals surface area contributed by atoms with Gasteiger partial charge in [0.25, 0.3) is 0 Å². The maximum Gasteiger partial charge on any atom is 0.157 e. The van der Waals surface area contributed by atoms with Gasteiger partial charge in [0.2, 0.25) is 0 Å². The zero-order valence-electron chi connectivity index (χ0n) is 11.4. The van der Waals surface area contributed by atoms with Crippen LogP contribution in [0.25, 0.3) is 0 Å². The van der Waals surface area contributed by atoms with Gasteiger partial charge in [0.1, 0.15) is 0 Å². The fraction of sp³-hybridized carbons (Fsp3) is 0.923. The summed E-state index contributed by atoms with van der Waals surface area (Å²) < 4.78 is 5.45. The fourth-order valence-corrected chi connectivity index (χ4v) is 3.80. The maximum absolute atomic E-state index is 5.45. The molecule has 4 heteroatoms. The van der Waals surface area contributed by atoms with Crippen LogP contribution < -0.4 is 5.32 Å². The fourth-order valence-electron chi connectivity index (χ4n) is 2.30. The molecule has 0 aromatic heterocycles. The van der Waals surface area contributed by atoms with Gasteiger partial charge in [0, 0.05) is 11.9 Å². The number of rotatable bonds is 2. The van der Waals surface area contributed by atoms with Crippen molar-refractivity contribution in [3.05, 3.63) is 0 Å². The summed E-state index contributed by atoms with van der Waals surface area (Å²) in [6, 6.07) is 0. The minimum atomic E-state index is 0.0997. The van der Waals surface area contributed by atoms with E-state index in [0.29, 0.717) is 10.7 Å². The predicted molar refractivity (Wildman–Crippen MR) is 74.7 cm³/mol. The van der Waals surface area contributed by atoms with Crippen LogP contribution >= 0.6 is 11.8 Å². The lowest BCUT2D eigenvalue weighted by atomic mass is 9.90. The van der Waals surface area contributed by atoms with Crippen molar-refractivity contribution in [2.45, 2.75) is 51.3 Å². The molecule has 0 spiro atoms. The van der Waals surface area contributed by atoms with Gasteiger partial charge in [-0.1, -0.05) is 32.5 Å². The monoisotopic (exact) mass is 256 g/mol. The normalized spacial score (nSPS) is 33.9. The Balaban J connectivity index is 1.81. The summed E-state index contributed by atoms with van der Waals surface area (Å²) in [4.78, 5) is 4.62. The van der Waals surface area contributed by atoms with Crippen molar-refractivity contribution in [1.29, 1.82) is 0 Å². The summed E-state index contributed by atoms with van der Waals surface area (Å²) in [5, 5.41) is 5.32. The molecule has 0 aromatic carbocycles. The molecule has 2 heterocycles. The molecule has 3 nitrogen and oxygen atoms in total. The Morgan fingerprint density at radius 3 is 2.88 bits per heavy atom. The van der Waals surface area contributed by atoms with Gasteiger partial charge in [0.05, 0.1) is 18.7 Å². The molecule has 1 fully saturated rings. The molecule has 0 saturated carbocycles.